The van der Waals surface area contributed by atoms with Crippen LogP contribution in [0.3, 0.4) is 0 Å². The van der Waals surface area contributed by atoms with Crippen molar-refractivity contribution in [3.63, 3.8) is 0 Å². The third kappa shape index (κ3) is 3.79. The molecule has 34 heavy (non-hydrogen) atoms. The Morgan fingerprint density at radius 3 is 2.71 bits per heavy atom. The van der Waals surface area contributed by atoms with Crippen molar-refractivity contribution in [2.24, 2.45) is 22.7 Å². The lowest BCUT2D eigenvalue weighted by molar-refractivity contribution is -0.246. The molecule has 1 aliphatic heterocycles. The number of rotatable bonds is 6. The highest BCUT2D eigenvalue weighted by Crippen LogP contribution is 2.65. The van der Waals surface area contributed by atoms with Crippen molar-refractivity contribution in [2.75, 3.05) is 42.9 Å². The zero-order chi connectivity index (χ0) is 24.9. The molecule has 7 heteroatoms. The first-order chi connectivity index (χ1) is 16.0. The fourth-order valence-electron chi connectivity index (χ4n) is 7.45. The molecule has 1 aromatic rings. The summed E-state index contributed by atoms with van der Waals surface area (Å²) < 4.78 is 6.07. The molecular formula is C27H45N5O2. The van der Waals surface area contributed by atoms with Gasteiger partial charge in [-0.1, -0.05) is 32.4 Å². The molecule has 0 amide bonds. The first-order valence-corrected chi connectivity index (χ1v) is 12.9. The highest BCUT2D eigenvalue weighted by atomic mass is 16.5. The number of nitrogen functional groups attached to an aromatic ring is 1. The molecule has 3 aliphatic rings. The number of anilines is 3. The average molecular weight is 472 g/mol. The topological polar surface area (TPSA) is 87.7 Å². The van der Waals surface area contributed by atoms with Gasteiger partial charge in [0.1, 0.15) is 12.0 Å². The predicted molar refractivity (Wildman–Crippen MR) is 139 cm³/mol. The van der Waals surface area contributed by atoms with Crippen LogP contribution in [-0.2, 0) is 4.74 Å². The second-order valence-corrected chi connectivity index (χ2v) is 11.9. The summed E-state index contributed by atoms with van der Waals surface area (Å²) >= 11 is 0. The summed E-state index contributed by atoms with van der Waals surface area (Å²) in [6, 6.07) is 0. The lowest BCUT2D eigenvalue weighted by atomic mass is 9.43. The molecule has 0 aromatic carbocycles. The SMILES string of the molecule is COC1(C)C(O)CCC2C(C)(CCC(C)=CCN3CN(C)c4ncnc(N)c43)C(C)CCC21C. The van der Waals surface area contributed by atoms with Crippen LogP contribution in [0.25, 0.3) is 0 Å². The highest BCUT2D eigenvalue weighted by Gasteiger charge is 2.63. The largest absolute Gasteiger partial charge is 0.390 e. The molecule has 3 N–H and O–H groups in total. The molecule has 2 saturated carbocycles. The van der Waals surface area contributed by atoms with E-state index in [1.54, 1.807) is 7.11 Å². The number of nitrogens with two attached hydrogens (primary N) is 1. The molecule has 7 nitrogen and oxygen atoms in total. The number of nitrogens with zero attached hydrogens (tertiary/aromatic N) is 4. The van der Waals surface area contributed by atoms with Crippen LogP contribution in [0.1, 0.15) is 73.1 Å². The van der Waals surface area contributed by atoms with Gasteiger partial charge in [-0.25, -0.2) is 9.97 Å². The summed E-state index contributed by atoms with van der Waals surface area (Å²) in [6.45, 7) is 13.3. The van der Waals surface area contributed by atoms with Crippen molar-refractivity contribution < 1.29 is 9.84 Å². The molecule has 4 rings (SSSR count). The van der Waals surface area contributed by atoms with Crippen LogP contribution in [0.2, 0.25) is 0 Å². The van der Waals surface area contributed by atoms with E-state index in [9.17, 15) is 5.11 Å². The van der Waals surface area contributed by atoms with Gasteiger partial charge in [0.2, 0.25) is 0 Å². The number of ether oxygens (including phenoxy) is 1. The van der Waals surface area contributed by atoms with E-state index in [-0.39, 0.29) is 10.8 Å². The van der Waals surface area contributed by atoms with Crippen LogP contribution in [0, 0.1) is 22.7 Å². The summed E-state index contributed by atoms with van der Waals surface area (Å²) in [5.41, 5.74) is 8.25. The number of fused-ring (bicyclic) bond motifs is 2. The molecule has 0 bridgehead atoms. The van der Waals surface area contributed by atoms with Crippen molar-refractivity contribution >= 4 is 17.3 Å². The second kappa shape index (κ2) is 8.98. The molecule has 0 radical (unpaired) electrons. The highest BCUT2D eigenvalue weighted by molar-refractivity contribution is 5.81. The maximum absolute atomic E-state index is 10.9. The fraction of sp³-hybridized carbons (Fsp3) is 0.778. The van der Waals surface area contributed by atoms with Crippen molar-refractivity contribution in [1.82, 2.24) is 9.97 Å². The number of aliphatic hydroxyl groups excluding tert-OH is 1. The maximum Gasteiger partial charge on any atom is 0.159 e. The zero-order valence-electron chi connectivity index (χ0n) is 22.3. The Bertz CT molecular complexity index is 938. The monoisotopic (exact) mass is 471 g/mol. The third-order valence-corrected chi connectivity index (χ3v) is 10.3. The first kappa shape index (κ1) is 25.2. The van der Waals surface area contributed by atoms with E-state index in [0.29, 0.717) is 17.7 Å². The lowest BCUT2D eigenvalue weighted by Crippen LogP contribution is -2.65. The van der Waals surface area contributed by atoms with Gasteiger partial charge in [-0.15, -0.1) is 0 Å². The van der Waals surface area contributed by atoms with Gasteiger partial charge >= 0.3 is 0 Å². The van der Waals surface area contributed by atoms with Crippen LogP contribution in [0.15, 0.2) is 18.0 Å². The van der Waals surface area contributed by atoms with Gasteiger partial charge in [-0.2, -0.15) is 0 Å². The van der Waals surface area contributed by atoms with Crippen LogP contribution in [0.4, 0.5) is 17.3 Å². The van der Waals surface area contributed by atoms with E-state index in [1.807, 2.05) is 7.05 Å². The summed E-state index contributed by atoms with van der Waals surface area (Å²) in [5.74, 6) is 2.65. The van der Waals surface area contributed by atoms with Crippen LogP contribution in [-0.4, -0.2) is 54.2 Å². The Morgan fingerprint density at radius 2 is 2.00 bits per heavy atom. The van der Waals surface area contributed by atoms with E-state index in [2.05, 4.69) is 60.5 Å². The van der Waals surface area contributed by atoms with Crippen LogP contribution >= 0.6 is 0 Å². The summed E-state index contributed by atoms with van der Waals surface area (Å²) in [7, 11) is 3.82. The van der Waals surface area contributed by atoms with E-state index >= 15 is 0 Å². The Balaban J connectivity index is 1.48. The van der Waals surface area contributed by atoms with Gasteiger partial charge in [0.05, 0.1) is 18.4 Å². The van der Waals surface area contributed by atoms with Gasteiger partial charge in [0.25, 0.3) is 0 Å². The predicted octanol–water partition coefficient (Wildman–Crippen LogP) is 4.62. The minimum absolute atomic E-state index is 0.0142. The van der Waals surface area contributed by atoms with Crippen molar-refractivity contribution in [1.29, 1.82) is 0 Å². The number of aromatic nitrogens is 2. The van der Waals surface area contributed by atoms with Crippen molar-refractivity contribution in [3.05, 3.63) is 18.0 Å². The van der Waals surface area contributed by atoms with Crippen LogP contribution < -0.4 is 15.5 Å². The molecule has 2 heterocycles. The second-order valence-electron chi connectivity index (χ2n) is 11.9. The Labute approximate surface area is 205 Å². The number of allylic oxidation sites excluding steroid dienone is 1. The smallest absolute Gasteiger partial charge is 0.159 e. The summed E-state index contributed by atoms with van der Waals surface area (Å²) in [6.07, 6.45) is 9.94. The maximum atomic E-state index is 10.9. The molecule has 0 saturated heterocycles. The molecule has 2 fully saturated rings. The van der Waals surface area contributed by atoms with E-state index in [1.165, 1.54) is 18.3 Å². The summed E-state index contributed by atoms with van der Waals surface area (Å²) in [4.78, 5) is 13.0. The number of aliphatic hydroxyl groups is 1. The van der Waals surface area contributed by atoms with Gasteiger partial charge < -0.3 is 25.4 Å². The minimum atomic E-state index is -0.487. The van der Waals surface area contributed by atoms with Gasteiger partial charge in [0, 0.05) is 26.1 Å². The number of hydrogen-bond donors (Lipinski definition) is 2. The Morgan fingerprint density at radius 1 is 1.26 bits per heavy atom. The normalized spacial score (nSPS) is 38.1. The number of hydrogen-bond acceptors (Lipinski definition) is 7. The fourth-order valence-corrected chi connectivity index (χ4v) is 7.45. The third-order valence-electron chi connectivity index (χ3n) is 10.3. The van der Waals surface area contributed by atoms with Crippen molar-refractivity contribution in [2.45, 2.75) is 84.8 Å². The van der Waals surface area contributed by atoms with Crippen LogP contribution in [0.5, 0.6) is 0 Å². The summed E-state index contributed by atoms with van der Waals surface area (Å²) in [5, 5.41) is 10.9. The standard InChI is InChI=1S/C27H45N5O2/c1-18(12-15-32-17-31(6)24-22(32)23(28)29-16-30-24)10-13-25(3)19(2)11-14-26(4)20(25)8-9-21(33)27(26,5)34-7/h12,16,19-21,33H,8-11,13-15,17H2,1-7H3,(H2,28,29,30). The zero-order valence-corrected chi connectivity index (χ0v) is 22.3. The van der Waals surface area contributed by atoms with E-state index in [4.69, 9.17) is 10.5 Å². The molecule has 6 atom stereocenters. The molecule has 1 aromatic heterocycles. The minimum Gasteiger partial charge on any atom is -0.390 e. The number of methoxy groups -OCH3 is 1. The Kier molecular flexibility index (Phi) is 6.66. The lowest BCUT2D eigenvalue weighted by Gasteiger charge is -2.65. The Hall–Kier alpha value is -1.86. The molecular weight excluding hydrogens is 426 g/mol. The quantitative estimate of drug-likeness (QED) is 0.585. The molecule has 0 spiro atoms. The van der Waals surface area contributed by atoms with Gasteiger partial charge in [-0.05, 0) is 69.6 Å². The van der Waals surface area contributed by atoms with Crippen molar-refractivity contribution in [3.8, 4) is 0 Å². The average Bonchev–Trinajstić information content (AvgIpc) is 3.14. The molecule has 190 valence electrons. The van der Waals surface area contributed by atoms with E-state index in [0.717, 1.165) is 56.8 Å². The van der Waals surface area contributed by atoms with Gasteiger partial charge in [0.15, 0.2) is 11.6 Å². The molecule has 2 aliphatic carbocycles. The van der Waals surface area contributed by atoms with E-state index < -0.39 is 11.7 Å². The van der Waals surface area contributed by atoms with Gasteiger partial charge in [-0.3, -0.25) is 0 Å². The molecule has 6 unspecified atom stereocenters. The first-order valence-electron chi connectivity index (χ1n) is 12.9.